The van der Waals surface area contributed by atoms with Crippen LogP contribution in [0, 0.1) is 0 Å². The first kappa shape index (κ1) is 14.0. The highest BCUT2D eigenvalue weighted by molar-refractivity contribution is 6.59. The zero-order valence-corrected chi connectivity index (χ0v) is 10.7. The number of hydrogen-bond donors (Lipinski definition) is 0. The summed E-state index contributed by atoms with van der Waals surface area (Å²) in [6.45, 7) is 3.67. The van der Waals surface area contributed by atoms with Gasteiger partial charge in [-0.05, 0) is 0 Å². The lowest BCUT2D eigenvalue weighted by atomic mass is 10.4. The van der Waals surface area contributed by atoms with E-state index in [1.165, 1.54) is 14.2 Å². The van der Waals surface area contributed by atoms with Crippen molar-refractivity contribution in [3.8, 4) is 0 Å². The van der Waals surface area contributed by atoms with Gasteiger partial charge in [-0.2, -0.15) is 0 Å². The van der Waals surface area contributed by atoms with Gasteiger partial charge in [-0.15, -0.1) is 0 Å². The predicted molar refractivity (Wildman–Crippen MR) is 53.8 cm³/mol. The van der Waals surface area contributed by atoms with Gasteiger partial charge in [0.25, 0.3) is 5.97 Å². The fraction of sp³-hybridized carbons (Fsp3) is 1.00. The molecule has 0 atom stereocenters. The molecule has 86 valence electrons. The highest BCUT2D eigenvalue weighted by Gasteiger charge is 2.43. The summed E-state index contributed by atoms with van der Waals surface area (Å²) in [7, 11) is 3.48. The Morgan fingerprint density at radius 3 is 1.64 bits per heavy atom. The summed E-state index contributed by atoms with van der Waals surface area (Å²) in [6.07, 6.45) is 0.551. The van der Waals surface area contributed by atoms with Crippen molar-refractivity contribution in [3.05, 3.63) is 0 Å². The van der Waals surface area contributed by atoms with Crippen molar-refractivity contribution in [2.75, 3.05) is 28.4 Å². The quantitative estimate of drug-likeness (QED) is 0.480. The molecule has 0 aromatic carbocycles. The molecule has 0 saturated carbocycles. The highest BCUT2D eigenvalue weighted by Crippen LogP contribution is 2.23. The smallest absolute Gasteiger partial charge is 0.377 e. The molecule has 14 heavy (non-hydrogen) atoms. The van der Waals surface area contributed by atoms with E-state index in [1.807, 2.05) is 6.92 Å². The van der Waals surface area contributed by atoms with Gasteiger partial charge in [0, 0.05) is 41.4 Å². The van der Waals surface area contributed by atoms with Crippen LogP contribution in [-0.4, -0.2) is 43.2 Å². The molecule has 0 aromatic heterocycles. The molecule has 0 saturated heterocycles. The number of ether oxygens (including phenoxy) is 2. The molecule has 0 aromatic rings. The predicted octanol–water partition coefficient (Wildman–Crippen LogP) is 1.22. The van der Waals surface area contributed by atoms with Gasteiger partial charge in [0.05, 0.1) is 0 Å². The maximum atomic E-state index is 5.62. The Hall–Kier alpha value is 0.0169. The van der Waals surface area contributed by atoms with Crippen molar-refractivity contribution in [2.45, 2.75) is 25.9 Å². The van der Waals surface area contributed by atoms with Crippen molar-refractivity contribution < 1.29 is 22.8 Å². The van der Waals surface area contributed by atoms with Crippen molar-refractivity contribution in [1.29, 1.82) is 0 Å². The van der Waals surface area contributed by atoms with E-state index in [0.717, 1.165) is 0 Å². The molecule has 0 aliphatic carbocycles. The van der Waals surface area contributed by atoms with E-state index in [0.29, 0.717) is 6.42 Å². The average molecular weight is 224 g/mol. The van der Waals surface area contributed by atoms with Crippen LogP contribution in [-0.2, 0) is 22.8 Å². The van der Waals surface area contributed by atoms with Crippen molar-refractivity contribution in [3.63, 3.8) is 0 Å². The molecule has 6 heteroatoms. The van der Waals surface area contributed by atoms with Gasteiger partial charge in [-0.25, -0.2) is 0 Å². The minimum Gasteiger partial charge on any atom is -0.377 e. The monoisotopic (exact) mass is 224 g/mol. The average Bonchev–Trinajstić information content (AvgIpc) is 2.26. The summed E-state index contributed by atoms with van der Waals surface area (Å²) in [5.41, 5.74) is 0. The van der Waals surface area contributed by atoms with E-state index in [4.69, 9.17) is 22.8 Å². The molecule has 0 N–H and O–H groups in total. The van der Waals surface area contributed by atoms with Gasteiger partial charge in [-0.1, -0.05) is 6.92 Å². The minimum absolute atomic E-state index is 0.551. The zero-order chi connectivity index (χ0) is 11.2. The molecule has 0 amide bonds. The van der Waals surface area contributed by atoms with Crippen molar-refractivity contribution in [2.24, 2.45) is 0 Å². The van der Waals surface area contributed by atoms with Crippen LogP contribution in [0.3, 0.4) is 0 Å². The molecule has 0 aliphatic rings. The molecular weight excluding hydrogens is 204 g/mol. The van der Waals surface area contributed by atoms with E-state index in [2.05, 4.69) is 0 Å². The van der Waals surface area contributed by atoms with Crippen molar-refractivity contribution in [1.82, 2.24) is 0 Å². The fourth-order valence-corrected chi connectivity index (χ4v) is 2.19. The largest absolute Gasteiger partial charge is 0.501 e. The van der Waals surface area contributed by atoms with Gasteiger partial charge in [0.2, 0.25) is 0 Å². The first-order chi connectivity index (χ1) is 6.51. The number of methoxy groups -OCH3 is 2. The highest BCUT2D eigenvalue weighted by atomic mass is 28.4. The third-order valence-corrected chi connectivity index (χ3v) is 4.30. The minimum atomic E-state index is -2.65. The summed E-state index contributed by atoms with van der Waals surface area (Å²) in [5, 5.41) is 0. The standard InChI is InChI=1S/C8H20O5Si/c1-7-8(9-2,10-3)13-14(6,11-4)12-5/h7H2,1-6H3. The molecule has 0 fully saturated rings. The summed E-state index contributed by atoms with van der Waals surface area (Å²) in [5.74, 6) is -1.08. The summed E-state index contributed by atoms with van der Waals surface area (Å²) >= 11 is 0. The Bertz CT molecular complexity index is 148. The summed E-state index contributed by atoms with van der Waals surface area (Å²) in [6, 6.07) is 0. The topological polar surface area (TPSA) is 46.2 Å². The molecule has 0 bridgehead atoms. The van der Waals surface area contributed by atoms with Gasteiger partial charge in [0.1, 0.15) is 0 Å². The summed E-state index contributed by atoms with van der Waals surface area (Å²) in [4.78, 5) is 0. The lowest BCUT2D eigenvalue weighted by Gasteiger charge is -2.35. The Kier molecular flexibility index (Phi) is 5.80. The van der Waals surface area contributed by atoms with Crippen LogP contribution in [0.2, 0.25) is 6.55 Å². The molecule has 5 nitrogen and oxygen atoms in total. The van der Waals surface area contributed by atoms with Gasteiger partial charge >= 0.3 is 8.80 Å². The number of hydrogen-bond acceptors (Lipinski definition) is 5. The second-order valence-corrected chi connectivity index (χ2v) is 5.56. The molecule has 0 radical (unpaired) electrons. The third-order valence-electron chi connectivity index (χ3n) is 2.14. The zero-order valence-electron chi connectivity index (χ0n) is 9.75. The van der Waals surface area contributed by atoms with Crippen LogP contribution in [0.15, 0.2) is 0 Å². The fourth-order valence-electron chi connectivity index (χ4n) is 0.977. The second-order valence-electron chi connectivity index (χ2n) is 2.82. The lowest BCUT2D eigenvalue weighted by molar-refractivity contribution is -0.338. The normalized spacial score (nSPS) is 13.3. The first-order valence-corrected chi connectivity index (χ1v) is 6.64. The van der Waals surface area contributed by atoms with Gasteiger partial charge < -0.3 is 22.8 Å². The molecule has 0 aliphatic heterocycles. The van der Waals surface area contributed by atoms with Crippen LogP contribution >= 0.6 is 0 Å². The Morgan fingerprint density at radius 1 is 1.00 bits per heavy atom. The van der Waals surface area contributed by atoms with Crippen LogP contribution in [0.4, 0.5) is 0 Å². The van der Waals surface area contributed by atoms with E-state index in [-0.39, 0.29) is 0 Å². The van der Waals surface area contributed by atoms with E-state index < -0.39 is 14.8 Å². The SMILES string of the molecule is CCC(OC)(OC)O[Si](C)(OC)OC. The maximum Gasteiger partial charge on any atom is 0.501 e. The molecule has 0 heterocycles. The Labute approximate surface area is 86.6 Å². The van der Waals surface area contributed by atoms with E-state index in [9.17, 15) is 0 Å². The van der Waals surface area contributed by atoms with Gasteiger partial charge in [0.15, 0.2) is 0 Å². The van der Waals surface area contributed by atoms with E-state index in [1.54, 1.807) is 20.8 Å². The molecule has 0 unspecified atom stereocenters. The molecular formula is C8H20O5Si. The van der Waals surface area contributed by atoms with Crippen LogP contribution in [0.1, 0.15) is 13.3 Å². The van der Waals surface area contributed by atoms with Crippen LogP contribution in [0.25, 0.3) is 0 Å². The summed E-state index contributed by atoms with van der Waals surface area (Å²) < 4.78 is 26.3. The third kappa shape index (κ3) is 3.30. The van der Waals surface area contributed by atoms with Crippen LogP contribution < -0.4 is 0 Å². The van der Waals surface area contributed by atoms with E-state index >= 15 is 0 Å². The van der Waals surface area contributed by atoms with Crippen molar-refractivity contribution >= 4 is 8.80 Å². The Balaban J connectivity index is 4.56. The molecule has 0 spiro atoms. The lowest BCUT2D eigenvalue weighted by Crippen LogP contribution is -2.51. The van der Waals surface area contributed by atoms with Crippen LogP contribution in [0.5, 0.6) is 0 Å². The number of rotatable bonds is 7. The molecule has 0 rings (SSSR count). The van der Waals surface area contributed by atoms with Gasteiger partial charge in [-0.3, -0.25) is 0 Å². The maximum absolute atomic E-state index is 5.62. The Morgan fingerprint density at radius 2 is 1.43 bits per heavy atom. The second kappa shape index (κ2) is 5.79. The first-order valence-electron chi connectivity index (χ1n) is 4.42.